The van der Waals surface area contributed by atoms with Crippen LogP contribution in [-0.2, 0) is 9.47 Å². The van der Waals surface area contributed by atoms with Gasteiger partial charge < -0.3 is 20.2 Å². The molecule has 1 aliphatic heterocycles. The molecule has 3 unspecified atom stereocenters. The van der Waals surface area contributed by atoms with Crippen LogP contribution in [0, 0.1) is 39.4 Å². The van der Waals surface area contributed by atoms with Gasteiger partial charge in [-0.05, 0) is 12.3 Å². The minimum absolute atomic E-state index is 0.0525. The van der Waals surface area contributed by atoms with Crippen molar-refractivity contribution in [3.63, 3.8) is 0 Å². The third-order valence-corrected chi connectivity index (χ3v) is 4.63. The smallest absolute Gasteiger partial charge is 0.297 e. The van der Waals surface area contributed by atoms with Crippen molar-refractivity contribution in [3.05, 3.63) is 0 Å². The van der Waals surface area contributed by atoms with Crippen LogP contribution in [-0.4, -0.2) is 50.8 Å². The Kier molecular flexibility index (Phi) is 3.64. The van der Waals surface area contributed by atoms with Gasteiger partial charge in [-0.2, -0.15) is 15.6 Å². The zero-order valence-corrected chi connectivity index (χ0v) is 13.4. The number of nitriles is 2. The van der Waals surface area contributed by atoms with Crippen molar-refractivity contribution in [1.82, 2.24) is 5.01 Å². The lowest BCUT2D eigenvalue weighted by molar-refractivity contribution is -0.240. The van der Waals surface area contributed by atoms with Gasteiger partial charge in [0.2, 0.25) is 0 Å². The van der Waals surface area contributed by atoms with Gasteiger partial charge in [0.15, 0.2) is 5.41 Å². The van der Waals surface area contributed by atoms with E-state index in [9.17, 15) is 10.5 Å². The third kappa shape index (κ3) is 1.46. The highest BCUT2D eigenvalue weighted by atomic mass is 16.7. The van der Waals surface area contributed by atoms with E-state index in [1.54, 1.807) is 19.1 Å². The summed E-state index contributed by atoms with van der Waals surface area (Å²) < 4.78 is 10.9. The van der Waals surface area contributed by atoms with Crippen LogP contribution in [0.2, 0.25) is 0 Å². The maximum Gasteiger partial charge on any atom is 0.297 e. The SMILES string of the molecule is COC1(OC)N=C(N)C2(C#N)C(C)CC(=NN(C)C)C12C#N. The summed E-state index contributed by atoms with van der Waals surface area (Å²) in [6.45, 7) is 1.86. The topological polar surface area (TPSA) is 120 Å². The first-order valence-electron chi connectivity index (χ1n) is 6.85. The lowest BCUT2D eigenvalue weighted by atomic mass is 9.62. The van der Waals surface area contributed by atoms with Crippen molar-refractivity contribution in [2.75, 3.05) is 28.3 Å². The lowest BCUT2D eigenvalue weighted by Gasteiger charge is -2.39. The first kappa shape index (κ1) is 16.2. The van der Waals surface area contributed by atoms with Crippen LogP contribution >= 0.6 is 0 Å². The minimum atomic E-state index is -1.68. The number of nitrogens with zero attached hydrogens (tertiary/aromatic N) is 5. The number of ether oxygens (including phenoxy) is 2. The second-order valence-corrected chi connectivity index (χ2v) is 5.77. The Bertz CT molecular complexity index is 624. The van der Waals surface area contributed by atoms with Crippen LogP contribution in [0.4, 0.5) is 0 Å². The van der Waals surface area contributed by atoms with Gasteiger partial charge in [0, 0.05) is 28.3 Å². The van der Waals surface area contributed by atoms with E-state index in [-0.39, 0.29) is 11.8 Å². The van der Waals surface area contributed by atoms with Gasteiger partial charge in [0.1, 0.15) is 11.3 Å². The number of hydrogen-bond donors (Lipinski definition) is 1. The van der Waals surface area contributed by atoms with Gasteiger partial charge in [0.05, 0.1) is 17.9 Å². The van der Waals surface area contributed by atoms with E-state index < -0.39 is 16.7 Å². The number of hydrogen-bond acceptors (Lipinski definition) is 8. The first-order valence-corrected chi connectivity index (χ1v) is 6.85. The molecule has 3 atom stereocenters. The van der Waals surface area contributed by atoms with E-state index in [2.05, 4.69) is 22.2 Å². The molecule has 1 aliphatic carbocycles. The Balaban J connectivity index is 2.89. The Morgan fingerprint density at radius 3 is 2.32 bits per heavy atom. The average molecular weight is 304 g/mol. The second-order valence-electron chi connectivity index (χ2n) is 5.77. The minimum Gasteiger partial charge on any atom is -0.386 e. The first-order chi connectivity index (χ1) is 10.3. The van der Waals surface area contributed by atoms with Crippen molar-refractivity contribution >= 4 is 11.5 Å². The average Bonchev–Trinajstić information content (AvgIpc) is 2.86. The predicted octanol–water partition coefficient (Wildman–Crippen LogP) is 0.281. The van der Waals surface area contributed by atoms with Crippen LogP contribution in [0.3, 0.4) is 0 Å². The van der Waals surface area contributed by atoms with Crippen molar-refractivity contribution in [3.8, 4) is 12.1 Å². The fourth-order valence-corrected chi connectivity index (χ4v) is 3.71. The summed E-state index contributed by atoms with van der Waals surface area (Å²) in [4.78, 5) is 4.24. The highest BCUT2D eigenvalue weighted by Crippen LogP contribution is 2.64. The molecule has 2 aliphatic rings. The number of amidine groups is 1. The van der Waals surface area contributed by atoms with Crippen LogP contribution in [0.15, 0.2) is 10.1 Å². The normalized spacial score (nSPS) is 37.3. The number of methoxy groups -OCH3 is 2. The molecule has 1 heterocycles. The number of aliphatic imine (C=N–C) groups is 1. The molecule has 8 nitrogen and oxygen atoms in total. The molecular formula is C14H20N6O2. The molecule has 0 aromatic rings. The van der Waals surface area contributed by atoms with Crippen LogP contribution in [0.5, 0.6) is 0 Å². The maximum absolute atomic E-state index is 10.1. The quantitative estimate of drug-likeness (QED) is 0.590. The Labute approximate surface area is 129 Å². The number of rotatable bonds is 3. The van der Waals surface area contributed by atoms with E-state index in [1.165, 1.54) is 14.2 Å². The number of hydrazone groups is 1. The summed E-state index contributed by atoms with van der Waals surface area (Å²) in [5.41, 5.74) is 3.72. The molecule has 0 radical (unpaired) electrons. The molecule has 0 spiro atoms. The highest BCUT2D eigenvalue weighted by Gasteiger charge is 2.80. The van der Waals surface area contributed by atoms with E-state index in [1.807, 2.05) is 6.92 Å². The lowest BCUT2D eigenvalue weighted by Crippen LogP contribution is -2.58. The monoisotopic (exact) mass is 304 g/mol. The third-order valence-electron chi connectivity index (χ3n) is 4.63. The molecule has 22 heavy (non-hydrogen) atoms. The van der Waals surface area contributed by atoms with Crippen molar-refractivity contribution in [2.24, 2.45) is 32.6 Å². The summed E-state index contributed by atoms with van der Waals surface area (Å²) >= 11 is 0. The molecule has 2 rings (SSSR count). The number of fused-ring (bicyclic) bond motifs is 1. The Hall–Kier alpha value is -2.16. The molecule has 1 fully saturated rings. The molecule has 8 heteroatoms. The molecule has 0 aromatic heterocycles. The van der Waals surface area contributed by atoms with Gasteiger partial charge in [-0.3, -0.25) is 0 Å². The van der Waals surface area contributed by atoms with Gasteiger partial charge >= 0.3 is 0 Å². The summed E-state index contributed by atoms with van der Waals surface area (Å²) in [6.07, 6.45) is 0.435. The fourth-order valence-electron chi connectivity index (χ4n) is 3.71. The zero-order valence-electron chi connectivity index (χ0n) is 13.4. The fraction of sp³-hybridized carbons (Fsp3) is 0.714. The molecule has 2 N–H and O–H groups in total. The van der Waals surface area contributed by atoms with E-state index >= 15 is 0 Å². The second kappa shape index (κ2) is 4.94. The molecule has 118 valence electrons. The molecular weight excluding hydrogens is 284 g/mol. The summed E-state index contributed by atoms with van der Waals surface area (Å²) in [7, 11) is 6.25. The van der Waals surface area contributed by atoms with Gasteiger partial charge in [-0.1, -0.05) is 6.92 Å². The maximum atomic E-state index is 10.1. The van der Waals surface area contributed by atoms with E-state index in [0.29, 0.717) is 12.1 Å². The van der Waals surface area contributed by atoms with Gasteiger partial charge in [-0.15, -0.1) is 0 Å². The van der Waals surface area contributed by atoms with Crippen molar-refractivity contribution in [2.45, 2.75) is 19.3 Å². The highest BCUT2D eigenvalue weighted by molar-refractivity contribution is 6.09. The molecule has 1 saturated carbocycles. The standard InChI is InChI=1S/C14H20N6O2/c1-9-6-10(19-20(2)3)13(8-16)12(9,7-15)11(17)18-14(13,21-4)22-5/h9H,6H2,1-5H3,(H2,17,18). The molecule has 0 bridgehead atoms. The Morgan fingerprint density at radius 1 is 1.32 bits per heavy atom. The van der Waals surface area contributed by atoms with E-state index in [4.69, 9.17) is 15.2 Å². The zero-order chi connectivity index (χ0) is 16.8. The Morgan fingerprint density at radius 2 is 1.91 bits per heavy atom. The van der Waals surface area contributed by atoms with Gasteiger partial charge in [-0.25, -0.2) is 4.99 Å². The van der Waals surface area contributed by atoms with Crippen molar-refractivity contribution in [1.29, 1.82) is 10.5 Å². The predicted molar refractivity (Wildman–Crippen MR) is 79.4 cm³/mol. The summed E-state index contributed by atoms with van der Waals surface area (Å²) in [6, 6.07) is 4.44. The van der Waals surface area contributed by atoms with Crippen LogP contribution in [0.1, 0.15) is 13.3 Å². The molecule has 0 saturated heterocycles. The number of nitrogens with two attached hydrogens (primary N) is 1. The molecule has 0 aromatic carbocycles. The van der Waals surface area contributed by atoms with E-state index in [0.717, 1.165) is 0 Å². The van der Waals surface area contributed by atoms with Crippen LogP contribution < -0.4 is 5.73 Å². The van der Waals surface area contributed by atoms with Crippen LogP contribution in [0.25, 0.3) is 0 Å². The van der Waals surface area contributed by atoms with Crippen molar-refractivity contribution < 1.29 is 9.47 Å². The van der Waals surface area contributed by atoms with Gasteiger partial charge in [0.25, 0.3) is 5.91 Å². The largest absolute Gasteiger partial charge is 0.386 e. The summed E-state index contributed by atoms with van der Waals surface area (Å²) in [5, 5.41) is 25.9. The molecule has 0 amide bonds. The summed E-state index contributed by atoms with van der Waals surface area (Å²) in [5.74, 6) is -1.87.